The van der Waals surface area contributed by atoms with E-state index in [9.17, 15) is 9.59 Å². The number of halogens is 1. The van der Waals surface area contributed by atoms with E-state index < -0.39 is 5.60 Å². The molecule has 6 nitrogen and oxygen atoms in total. The lowest BCUT2D eigenvalue weighted by molar-refractivity contribution is -0.132. The van der Waals surface area contributed by atoms with Crippen LogP contribution in [0.25, 0.3) is 0 Å². The summed E-state index contributed by atoms with van der Waals surface area (Å²) in [6.45, 7) is 4.57. The van der Waals surface area contributed by atoms with Crippen LogP contribution < -0.4 is 15.0 Å². The summed E-state index contributed by atoms with van der Waals surface area (Å²) in [7, 11) is 1.57. The molecule has 0 fully saturated rings. The number of amides is 2. The molecule has 0 saturated carbocycles. The Morgan fingerprint density at radius 3 is 2.87 bits per heavy atom. The van der Waals surface area contributed by atoms with Crippen LogP contribution in [0.5, 0.6) is 5.75 Å². The molecule has 0 bridgehead atoms. The van der Waals surface area contributed by atoms with Crippen molar-refractivity contribution in [1.29, 1.82) is 0 Å². The molecule has 1 heterocycles. The highest BCUT2D eigenvalue weighted by atomic mass is 35.5. The molecule has 126 valence electrons. The molecule has 1 aliphatic heterocycles. The first-order valence-electron chi connectivity index (χ1n) is 7.41. The van der Waals surface area contributed by atoms with Gasteiger partial charge in [0.15, 0.2) is 5.60 Å². The Morgan fingerprint density at radius 1 is 1.43 bits per heavy atom. The van der Waals surface area contributed by atoms with Gasteiger partial charge in [-0.15, -0.1) is 0 Å². The van der Waals surface area contributed by atoms with Crippen LogP contribution in [-0.4, -0.2) is 44.2 Å². The zero-order chi connectivity index (χ0) is 17.0. The topological polar surface area (TPSA) is 67.9 Å². The number of carbonyl (C=O) groups excluding carboxylic acids is 2. The minimum absolute atomic E-state index is 0.136. The molecular weight excluding hydrogens is 320 g/mol. The molecule has 0 aromatic heterocycles. The summed E-state index contributed by atoms with van der Waals surface area (Å²) >= 11 is 6.02. The summed E-state index contributed by atoms with van der Waals surface area (Å²) < 4.78 is 10.6. The van der Waals surface area contributed by atoms with Crippen molar-refractivity contribution < 1.29 is 19.1 Å². The van der Waals surface area contributed by atoms with E-state index in [-0.39, 0.29) is 24.8 Å². The van der Waals surface area contributed by atoms with Crippen molar-refractivity contribution in [2.45, 2.75) is 25.9 Å². The van der Waals surface area contributed by atoms with E-state index in [0.29, 0.717) is 29.6 Å². The van der Waals surface area contributed by atoms with Crippen LogP contribution in [0, 0.1) is 0 Å². The Labute approximate surface area is 140 Å². The van der Waals surface area contributed by atoms with Gasteiger partial charge in [0.25, 0.3) is 5.91 Å². The van der Waals surface area contributed by atoms with Gasteiger partial charge in [-0.3, -0.25) is 9.59 Å². The highest BCUT2D eigenvalue weighted by Gasteiger charge is 2.40. The van der Waals surface area contributed by atoms with E-state index in [2.05, 4.69) is 5.32 Å². The molecular formula is C16H21ClN2O4. The molecule has 2 amide bonds. The number of nitrogens with zero attached hydrogens (tertiary/aromatic N) is 1. The number of carbonyl (C=O) groups is 2. The van der Waals surface area contributed by atoms with Gasteiger partial charge in [-0.2, -0.15) is 0 Å². The number of fused-ring (bicyclic) bond motifs is 1. The van der Waals surface area contributed by atoms with Crippen LogP contribution in [0.1, 0.15) is 20.3 Å². The lowest BCUT2D eigenvalue weighted by atomic mass is 10.0. The molecule has 1 aliphatic rings. The fraction of sp³-hybridized carbons (Fsp3) is 0.500. The standard InChI is InChI=1S/C16H21ClN2O4/c1-16(2)15(21)19(8-6-14(20)18-7-9-22-3)12-10-11(17)4-5-13(12)23-16/h4-5,10H,6-9H2,1-3H3,(H,18,20). The Kier molecular flexibility index (Phi) is 5.49. The number of rotatable bonds is 6. The number of nitrogens with one attached hydrogen (secondary N) is 1. The highest BCUT2D eigenvalue weighted by molar-refractivity contribution is 6.31. The molecule has 23 heavy (non-hydrogen) atoms. The SMILES string of the molecule is COCCNC(=O)CCN1C(=O)C(C)(C)Oc2ccc(Cl)cc21. The summed E-state index contributed by atoms with van der Waals surface area (Å²) in [5, 5.41) is 3.24. The predicted octanol–water partition coefficient (Wildman–Crippen LogP) is 2.00. The zero-order valence-electron chi connectivity index (χ0n) is 13.5. The molecule has 0 aliphatic carbocycles. The Hall–Kier alpha value is -1.79. The Balaban J connectivity index is 2.12. The van der Waals surface area contributed by atoms with Gasteiger partial charge >= 0.3 is 0 Å². The van der Waals surface area contributed by atoms with Crippen LogP contribution in [0.2, 0.25) is 5.02 Å². The lowest BCUT2D eigenvalue weighted by Gasteiger charge is -2.38. The molecule has 0 radical (unpaired) electrons. The van der Waals surface area contributed by atoms with E-state index in [1.165, 1.54) is 0 Å². The second-order valence-corrected chi connectivity index (χ2v) is 6.21. The van der Waals surface area contributed by atoms with Crippen molar-refractivity contribution in [2.24, 2.45) is 0 Å². The first-order valence-corrected chi connectivity index (χ1v) is 7.79. The second kappa shape index (κ2) is 7.19. The summed E-state index contributed by atoms with van der Waals surface area (Å²) in [6, 6.07) is 5.12. The normalized spacial score (nSPS) is 15.8. The third-order valence-corrected chi connectivity index (χ3v) is 3.76. The third-order valence-electron chi connectivity index (χ3n) is 3.53. The van der Waals surface area contributed by atoms with Crippen LogP contribution in [0.3, 0.4) is 0 Å². The monoisotopic (exact) mass is 340 g/mol. The van der Waals surface area contributed by atoms with Crippen molar-refractivity contribution in [1.82, 2.24) is 5.32 Å². The average Bonchev–Trinajstić information content (AvgIpc) is 2.49. The van der Waals surface area contributed by atoms with Gasteiger partial charge in [-0.1, -0.05) is 11.6 Å². The van der Waals surface area contributed by atoms with E-state index in [4.69, 9.17) is 21.1 Å². The van der Waals surface area contributed by atoms with E-state index in [0.717, 1.165) is 0 Å². The molecule has 0 saturated heterocycles. The fourth-order valence-corrected chi connectivity index (χ4v) is 2.52. The first-order chi connectivity index (χ1) is 10.8. The van der Waals surface area contributed by atoms with Gasteiger partial charge in [0.2, 0.25) is 5.91 Å². The molecule has 0 unspecified atom stereocenters. The molecule has 7 heteroatoms. The van der Waals surface area contributed by atoms with Crippen LogP contribution in [0.15, 0.2) is 18.2 Å². The maximum Gasteiger partial charge on any atom is 0.270 e. The van der Waals surface area contributed by atoms with Crippen molar-refractivity contribution in [3.05, 3.63) is 23.2 Å². The molecule has 0 spiro atoms. The van der Waals surface area contributed by atoms with Gasteiger partial charge in [0, 0.05) is 31.6 Å². The smallest absolute Gasteiger partial charge is 0.270 e. The maximum absolute atomic E-state index is 12.6. The van der Waals surface area contributed by atoms with Gasteiger partial charge in [0.05, 0.1) is 12.3 Å². The average molecular weight is 341 g/mol. The summed E-state index contributed by atoms with van der Waals surface area (Å²) in [6.07, 6.45) is 0.192. The number of methoxy groups -OCH3 is 1. The highest BCUT2D eigenvalue weighted by Crippen LogP contribution is 2.39. The van der Waals surface area contributed by atoms with Crippen LogP contribution in [-0.2, 0) is 14.3 Å². The van der Waals surface area contributed by atoms with Crippen LogP contribution in [0.4, 0.5) is 5.69 Å². The molecule has 1 aromatic carbocycles. The number of hydrogen-bond acceptors (Lipinski definition) is 4. The van der Waals surface area contributed by atoms with Crippen molar-refractivity contribution in [3.63, 3.8) is 0 Å². The quantitative estimate of drug-likeness (QED) is 0.804. The maximum atomic E-state index is 12.6. The van der Waals surface area contributed by atoms with Gasteiger partial charge in [0.1, 0.15) is 5.75 Å². The van der Waals surface area contributed by atoms with Crippen LogP contribution >= 0.6 is 11.6 Å². The fourth-order valence-electron chi connectivity index (χ4n) is 2.36. The molecule has 1 N–H and O–H groups in total. The minimum atomic E-state index is -0.979. The van der Waals surface area contributed by atoms with Crippen molar-refractivity contribution in [3.8, 4) is 5.75 Å². The summed E-state index contributed by atoms with van der Waals surface area (Å²) in [5.41, 5.74) is -0.389. The third kappa shape index (κ3) is 4.14. The predicted molar refractivity (Wildman–Crippen MR) is 88.0 cm³/mol. The number of anilines is 1. The van der Waals surface area contributed by atoms with E-state index in [1.807, 2.05) is 0 Å². The zero-order valence-corrected chi connectivity index (χ0v) is 14.3. The molecule has 0 atom stereocenters. The van der Waals surface area contributed by atoms with Crippen molar-refractivity contribution >= 4 is 29.1 Å². The summed E-state index contributed by atoms with van der Waals surface area (Å²) in [4.78, 5) is 26.0. The Bertz CT molecular complexity index is 604. The van der Waals surface area contributed by atoms with Gasteiger partial charge in [-0.05, 0) is 32.0 Å². The second-order valence-electron chi connectivity index (χ2n) is 5.77. The van der Waals surface area contributed by atoms with Gasteiger partial charge in [-0.25, -0.2) is 0 Å². The summed E-state index contributed by atoms with van der Waals surface area (Å²) in [5.74, 6) is 0.249. The first kappa shape index (κ1) is 17.6. The molecule has 2 rings (SSSR count). The van der Waals surface area contributed by atoms with Gasteiger partial charge < -0.3 is 19.7 Å². The number of benzene rings is 1. The number of hydrogen-bond donors (Lipinski definition) is 1. The van der Waals surface area contributed by atoms with Crippen molar-refractivity contribution in [2.75, 3.05) is 31.7 Å². The number of ether oxygens (including phenoxy) is 2. The Morgan fingerprint density at radius 2 is 2.17 bits per heavy atom. The van der Waals surface area contributed by atoms with E-state index >= 15 is 0 Å². The minimum Gasteiger partial charge on any atom is -0.476 e. The molecule has 1 aromatic rings. The lowest BCUT2D eigenvalue weighted by Crippen LogP contribution is -2.53. The van der Waals surface area contributed by atoms with E-state index in [1.54, 1.807) is 44.1 Å². The largest absolute Gasteiger partial charge is 0.476 e.